The maximum atomic E-state index is 13.2. The summed E-state index contributed by atoms with van der Waals surface area (Å²) in [5.74, 6) is 0.412. The Kier molecular flexibility index (Phi) is 6.92. The van der Waals surface area contributed by atoms with Crippen molar-refractivity contribution in [2.24, 2.45) is 5.92 Å². The van der Waals surface area contributed by atoms with E-state index in [1.54, 1.807) is 0 Å². The second-order valence-electron chi connectivity index (χ2n) is 7.72. The molecule has 164 valence electrons. The third kappa shape index (κ3) is 6.07. The van der Waals surface area contributed by atoms with Crippen LogP contribution >= 0.6 is 23.4 Å². The van der Waals surface area contributed by atoms with E-state index in [0.29, 0.717) is 16.8 Å². The SMILES string of the molecule is O=C(CSc1cc(N2CCC(C(=O)NC3CC3)CC2)ncn1)Nc1ccc(F)c(Cl)c1. The molecule has 0 atom stereocenters. The van der Waals surface area contributed by atoms with Gasteiger partial charge in [0.05, 0.1) is 10.8 Å². The van der Waals surface area contributed by atoms with Gasteiger partial charge in [0.25, 0.3) is 0 Å². The number of carbonyl (C=O) groups is 2. The van der Waals surface area contributed by atoms with E-state index in [1.165, 1.54) is 36.3 Å². The first-order valence-corrected chi connectivity index (χ1v) is 11.6. The summed E-state index contributed by atoms with van der Waals surface area (Å²) in [5.41, 5.74) is 0.439. The van der Waals surface area contributed by atoms with Crippen molar-refractivity contribution in [2.75, 3.05) is 29.1 Å². The molecule has 1 aromatic carbocycles. The number of carbonyl (C=O) groups excluding carboxylic acids is 2. The molecule has 2 aromatic rings. The van der Waals surface area contributed by atoms with E-state index in [1.807, 2.05) is 6.07 Å². The number of piperidine rings is 1. The van der Waals surface area contributed by atoms with E-state index in [2.05, 4.69) is 25.5 Å². The van der Waals surface area contributed by atoms with Crippen LogP contribution in [0.5, 0.6) is 0 Å². The van der Waals surface area contributed by atoms with Crippen molar-refractivity contribution in [3.8, 4) is 0 Å². The second-order valence-corrected chi connectivity index (χ2v) is 9.13. The summed E-state index contributed by atoms with van der Waals surface area (Å²) in [5, 5.41) is 6.42. The van der Waals surface area contributed by atoms with Crippen molar-refractivity contribution in [2.45, 2.75) is 36.8 Å². The number of benzene rings is 1. The van der Waals surface area contributed by atoms with Crippen LogP contribution in [0, 0.1) is 11.7 Å². The Morgan fingerprint density at radius 3 is 2.65 bits per heavy atom. The van der Waals surface area contributed by atoms with E-state index in [9.17, 15) is 14.0 Å². The van der Waals surface area contributed by atoms with Crippen molar-refractivity contribution in [1.82, 2.24) is 15.3 Å². The molecule has 0 spiro atoms. The zero-order valence-electron chi connectivity index (χ0n) is 16.8. The van der Waals surface area contributed by atoms with Gasteiger partial charge >= 0.3 is 0 Å². The van der Waals surface area contributed by atoms with Crippen molar-refractivity contribution in [3.63, 3.8) is 0 Å². The highest BCUT2D eigenvalue weighted by Gasteiger charge is 2.30. The number of nitrogens with zero attached hydrogens (tertiary/aromatic N) is 3. The van der Waals surface area contributed by atoms with Gasteiger partial charge in [-0.15, -0.1) is 0 Å². The van der Waals surface area contributed by atoms with Crippen LogP contribution in [0.15, 0.2) is 35.6 Å². The summed E-state index contributed by atoms with van der Waals surface area (Å²) in [4.78, 5) is 35.2. The molecule has 7 nitrogen and oxygen atoms in total. The predicted molar refractivity (Wildman–Crippen MR) is 119 cm³/mol. The van der Waals surface area contributed by atoms with E-state index in [-0.39, 0.29) is 28.5 Å². The van der Waals surface area contributed by atoms with Gasteiger partial charge < -0.3 is 15.5 Å². The monoisotopic (exact) mass is 463 g/mol. The van der Waals surface area contributed by atoms with Crippen LogP contribution in [-0.2, 0) is 9.59 Å². The van der Waals surface area contributed by atoms with Crippen LogP contribution in [0.25, 0.3) is 0 Å². The fourth-order valence-electron chi connectivity index (χ4n) is 3.41. The van der Waals surface area contributed by atoms with E-state index in [4.69, 9.17) is 11.6 Å². The van der Waals surface area contributed by atoms with Crippen LogP contribution < -0.4 is 15.5 Å². The standard InChI is InChI=1S/C21H23ClFN5O2S/c22-16-9-15(3-4-17(16)23)26-19(29)11-31-20-10-18(24-12-25-20)28-7-5-13(6-8-28)21(30)27-14-1-2-14/h3-4,9-10,12-14H,1-2,5-8,11H2,(H,26,29)(H,27,30). The summed E-state index contributed by atoms with van der Waals surface area (Å²) in [6.07, 6.45) is 5.28. The Bertz CT molecular complexity index is 967. The highest BCUT2D eigenvalue weighted by atomic mass is 35.5. The Labute approximate surface area is 189 Å². The number of rotatable bonds is 7. The largest absolute Gasteiger partial charge is 0.356 e. The molecule has 2 N–H and O–H groups in total. The molecule has 2 amide bonds. The Morgan fingerprint density at radius 1 is 1.16 bits per heavy atom. The number of hydrogen-bond donors (Lipinski definition) is 2. The van der Waals surface area contributed by atoms with Gasteiger partial charge in [-0.3, -0.25) is 9.59 Å². The average molecular weight is 464 g/mol. The van der Waals surface area contributed by atoms with E-state index >= 15 is 0 Å². The normalized spacial score (nSPS) is 16.8. The zero-order valence-corrected chi connectivity index (χ0v) is 18.4. The summed E-state index contributed by atoms with van der Waals surface area (Å²) in [6.45, 7) is 1.52. The summed E-state index contributed by atoms with van der Waals surface area (Å²) < 4.78 is 13.2. The minimum absolute atomic E-state index is 0.0420. The van der Waals surface area contributed by atoms with Gasteiger partial charge in [-0.1, -0.05) is 23.4 Å². The maximum absolute atomic E-state index is 13.2. The molecule has 0 bridgehead atoms. The quantitative estimate of drug-likeness (QED) is 0.482. The lowest BCUT2D eigenvalue weighted by molar-refractivity contribution is -0.125. The fourth-order valence-corrected chi connectivity index (χ4v) is 4.25. The molecule has 0 radical (unpaired) electrons. The summed E-state index contributed by atoms with van der Waals surface area (Å²) in [7, 11) is 0. The van der Waals surface area contributed by atoms with Crippen LogP contribution in [-0.4, -0.2) is 46.7 Å². The van der Waals surface area contributed by atoms with Gasteiger partial charge in [0.15, 0.2) is 0 Å². The highest BCUT2D eigenvalue weighted by Crippen LogP contribution is 2.26. The summed E-state index contributed by atoms with van der Waals surface area (Å²) >= 11 is 7.03. The minimum atomic E-state index is -0.532. The highest BCUT2D eigenvalue weighted by molar-refractivity contribution is 7.99. The van der Waals surface area contributed by atoms with Crippen LogP contribution in [0.1, 0.15) is 25.7 Å². The second kappa shape index (κ2) is 9.82. The Hall–Kier alpha value is -2.39. The van der Waals surface area contributed by atoms with Gasteiger partial charge in [0.2, 0.25) is 11.8 Å². The molecule has 4 rings (SSSR count). The fraction of sp³-hybridized carbons (Fsp3) is 0.429. The number of hydrogen-bond acceptors (Lipinski definition) is 6. The van der Waals surface area contributed by atoms with Gasteiger partial charge in [-0.25, -0.2) is 14.4 Å². The van der Waals surface area contributed by atoms with Gasteiger partial charge in [0, 0.05) is 36.8 Å². The van der Waals surface area contributed by atoms with Gasteiger partial charge in [0.1, 0.15) is 23.0 Å². The molecule has 2 fully saturated rings. The molecule has 10 heteroatoms. The smallest absolute Gasteiger partial charge is 0.234 e. The topological polar surface area (TPSA) is 87.2 Å². The third-order valence-electron chi connectivity index (χ3n) is 5.30. The van der Waals surface area contributed by atoms with Crippen molar-refractivity contribution in [1.29, 1.82) is 0 Å². The molecule has 1 saturated heterocycles. The minimum Gasteiger partial charge on any atom is -0.356 e. The Balaban J connectivity index is 1.26. The summed E-state index contributed by atoms with van der Waals surface area (Å²) in [6, 6.07) is 6.29. The lowest BCUT2D eigenvalue weighted by Gasteiger charge is -2.32. The van der Waals surface area contributed by atoms with Gasteiger partial charge in [-0.2, -0.15) is 0 Å². The molecule has 1 saturated carbocycles. The lowest BCUT2D eigenvalue weighted by Crippen LogP contribution is -2.41. The van der Waals surface area contributed by atoms with Gasteiger partial charge in [-0.05, 0) is 43.9 Å². The first-order valence-electron chi connectivity index (χ1n) is 10.2. The van der Waals surface area contributed by atoms with E-state index < -0.39 is 5.82 Å². The predicted octanol–water partition coefficient (Wildman–Crippen LogP) is 3.49. The molecule has 0 unspecified atom stereocenters. The number of amides is 2. The first kappa shape index (κ1) is 21.8. The van der Waals surface area contributed by atoms with Crippen LogP contribution in [0.3, 0.4) is 0 Å². The van der Waals surface area contributed by atoms with Crippen LogP contribution in [0.4, 0.5) is 15.9 Å². The molecule has 2 aliphatic rings. The zero-order chi connectivity index (χ0) is 21.8. The molecule has 1 aromatic heterocycles. The van der Waals surface area contributed by atoms with Crippen molar-refractivity contribution < 1.29 is 14.0 Å². The number of nitrogens with one attached hydrogen (secondary N) is 2. The molecule has 31 heavy (non-hydrogen) atoms. The molecule has 1 aliphatic carbocycles. The number of aromatic nitrogens is 2. The number of anilines is 2. The number of thioether (sulfide) groups is 1. The maximum Gasteiger partial charge on any atom is 0.234 e. The third-order valence-corrected chi connectivity index (χ3v) is 6.51. The molecule has 1 aliphatic heterocycles. The first-order chi connectivity index (χ1) is 15.0. The number of halogens is 2. The molecule has 2 heterocycles. The van der Waals surface area contributed by atoms with Crippen molar-refractivity contribution >= 4 is 46.7 Å². The molecular weight excluding hydrogens is 441 g/mol. The molecular formula is C21H23ClFN5O2S. The van der Waals surface area contributed by atoms with Crippen LogP contribution in [0.2, 0.25) is 5.02 Å². The Morgan fingerprint density at radius 2 is 1.94 bits per heavy atom. The average Bonchev–Trinajstić information content (AvgIpc) is 3.59. The van der Waals surface area contributed by atoms with Crippen molar-refractivity contribution in [3.05, 3.63) is 41.4 Å². The van der Waals surface area contributed by atoms with E-state index in [0.717, 1.165) is 44.6 Å². The lowest BCUT2D eigenvalue weighted by atomic mass is 9.96.